The second-order valence-corrected chi connectivity index (χ2v) is 4.75. The molecule has 1 saturated heterocycles. The average Bonchev–Trinajstić information content (AvgIpc) is 2.50. The Morgan fingerprint density at radius 1 is 1.48 bits per heavy atom. The van der Waals surface area contributed by atoms with E-state index in [2.05, 4.69) is 17.2 Å². The van der Waals surface area contributed by atoms with Gasteiger partial charge >= 0.3 is 0 Å². The van der Waals surface area contributed by atoms with E-state index in [9.17, 15) is 4.79 Å². The Hall–Kier alpha value is -1.87. The third-order valence-electron chi connectivity index (χ3n) is 3.00. The third kappa shape index (κ3) is 4.57. The monoisotopic (exact) mass is 289 g/mol. The molecule has 0 bridgehead atoms. The number of aryl methyl sites for hydroxylation is 1. The minimum absolute atomic E-state index is 0.0216. The molecular formula is C16H19NO4. The van der Waals surface area contributed by atoms with Crippen molar-refractivity contribution in [2.45, 2.75) is 19.4 Å². The van der Waals surface area contributed by atoms with Gasteiger partial charge in [0.05, 0.1) is 32.1 Å². The second-order valence-electron chi connectivity index (χ2n) is 4.75. The molecule has 21 heavy (non-hydrogen) atoms. The Bertz CT molecular complexity index is 553. The fourth-order valence-corrected chi connectivity index (χ4v) is 1.94. The van der Waals surface area contributed by atoms with Crippen LogP contribution in [0.15, 0.2) is 18.2 Å². The van der Waals surface area contributed by atoms with Crippen molar-refractivity contribution < 1.29 is 19.4 Å². The number of anilines is 1. The highest BCUT2D eigenvalue weighted by Gasteiger charge is 2.23. The molecule has 0 radical (unpaired) electrons. The number of benzene rings is 1. The molecule has 1 amide bonds. The number of hydrogen-bond donors (Lipinski definition) is 2. The van der Waals surface area contributed by atoms with Crippen LogP contribution in [-0.4, -0.2) is 43.5 Å². The number of ether oxygens (including phenoxy) is 2. The maximum Gasteiger partial charge on any atom is 0.255 e. The first-order valence-electron chi connectivity index (χ1n) is 6.91. The molecule has 1 aliphatic rings. The van der Waals surface area contributed by atoms with E-state index >= 15 is 0 Å². The summed E-state index contributed by atoms with van der Waals surface area (Å²) in [7, 11) is 0. The van der Waals surface area contributed by atoms with Crippen LogP contribution in [0.2, 0.25) is 0 Å². The number of rotatable bonds is 3. The van der Waals surface area contributed by atoms with Gasteiger partial charge in [-0.2, -0.15) is 0 Å². The highest BCUT2D eigenvalue weighted by atomic mass is 16.6. The van der Waals surface area contributed by atoms with Crippen LogP contribution in [0.1, 0.15) is 17.5 Å². The van der Waals surface area contributed by atoms with E-state index in [0.717, 1.165) is 11.1 Å². The summed E-state index contributed by atoms with van der Waals surface area (Å²) in [6.07, 6.45) is -0.182. The summed E-state index contributed by atoms with van der Waals surface area (Å²) in [6, 6.07) is 5.65. The molecule has 2 rings (SSSR count). The van der Waals surface area contributed by atoms with Crippen molar-refractivity contribution in [1.29, 1.82) is 0 Å². The number of carbonyl (C=O) groups is 1. The SMILES string of the molecule is Cc1ccc(C#CCCO)c(NC(=O)C2COCCO2)c1. The molecule has 1 aromatic rings. The lowest BCUT2D eigenvalue weighted by Gasteiger charge is -2.22. The number of carbonyl (C=O) groups excluding carboxylic acids is 1. The van der Waals surface area contributed by atoms with Gasteiger partial charge in [-0.3, -0.25) is 4.79 Å². The third-order valence-corrected chi connectivity index (χ3v) is 3.00. The van der Waals surface area contributed by atoms with Crippen molar-refractivity contribution >= 4 is 11.6 Å². The minimum Gasteiger partial charge on any atom is -0.395 e. The number of nitrogens with one attached hydrogen (secondary N) is 1. The van der Waals surface area contributed by atoms with E-state index in [4.69, 9.17) is 14.6 Å². The van der Waals surface area contributed by atoms with Gasteiger partial charge in [0.2, 0.25) is 0 Å². The normalized spacial score (nSPS) is 17.7. The van der Waals surface area contributed by atoms with Gasteiger partial charge < -0.3 is 19.9 Å². The fourth-order valence-electron chi connectivity index (χ4n) is 1.94. The molecule has 1 heterocycles. The Kier molecular flexibility index (Phi) is 5.76. The Morgan fingerprint density at radius 3 is 3.05 bits per heavy atom. The second kappa shape index (κ2) is 7.79. The number of hydrogen-bond acceptors (Lipinski definition) is 4. The first kappa shape index (κ1) is 15.5. The molecule has 0 aromatic heterocycles. The summed E-state index contributed by atoms with van der Waals surface area (Å²) in [4.78, 5) is 12.2. The smallest absolute Gasteiger partial charge is 0.255 e. The first-order valence-corrected chi connectivity index (χ1v) is 6.91. The average molecular weight is 289 g/mol. The summed E-state index contributed by atoms with van der Waals surface area (Å²) in [5, 5.41) is 11.6. The molecule has 5 heteroatoms. The van der Waals surface area contributed by atoms with E-state index in [1.54, 1.807) is 0 Å². The number of amides is 1. The highest BCUT2D eigenvalue weighted by molar-refractivity contribution is 5.95. The summed E-state index contributed by atoms with van der Waals surface area (Å²) in [5.74, 6) is 5.58. The van der Waals surface area contributed by atoms with Crippen LogP contribution in [0.3, 0.4) is 0 Å². The number of aliphatic hydroxyl groups excluding tert-OH is 1. The van der Waals surface area contributed by atoms with Gasteiger partial charge in [-0.25, -0.2) is 0 Å². The van der Waals surface area contributed by atoms with Gasteiger partial charge in [-0.1, -0.05) is 17.9 Å². The van der Waals surface area contributed by atoms with E-state index in [-0.39, 0.29) is 19.1 Å². The van der Waals surface area contributed by atoms with Crippen molar-refractivity contribution in [1.82, 2.24) is 0 Å². The zero-order valence-electron chi connectivity index (χ0n) is 12.0. The van der Waals surface area contributed by atoms with Crippen LogP contribution in [0.25, 0.3) is 0 Å². The van der Waals surface area contributed by atoms with Crippen molar-refractivity contribution in [2.75, 3.05) is 31.7 Å². The zero-order chi connectivity index (χ0) is 15.1. The Morgan fingerprint density at radius 2 is 2.33 bits per heavy atom. The predicted molar refractivity (Wildman–Crippen MR) is 78.9 cm³/mol. The zero-order valence-corrected chi connectivity index (χ0v) is 12.0. The summed E-state index contributed by atoms with van der Waals surface area (Å²) in [6.45, 7) is 3.18. The van der Waals surface area contributed by atoms with Gasteiger partial charge in [0, 0.05) is 12.0 Å². The summed E-state index contributed by atoms with van der Waals surface area (Å²) >= 11 is 0. The van der Waals surface area contributed by atoms with Crippen molar-refractivity contribution in [3.8, 4) is 11.8 Å². The van der Waals surface area contributed by atoms with E-state index < -0.39 is 6.10 Å². The van der Waals surface area contributed by atoms with E-state index in [1.165, 1.54) is 0 Å². The molecule has 1 unspecified atom stereocenters. The first-order chi connectivity index (χ1) is 10.2. The summed E-state index contributed by atoms with van der Waals surface area (Å²) in [5.41, 5.74) is 2.40. The van der Waals surface area contributed by atoms with Crippen LogP contribution >= 0.6 is 0 Å². The fraction of sp³-hybridized carbons (Fsp3) is 0.438. The largest absolute Gasteiger partial charge is 0.395 e. The van der Waals surface area contributed by atoms with Crippen LogP contribution in [-0.2, 0) is 14.3 Å². The topological polar surface area (TPSA) is 67.8 Å². The van der Waals surface area contributed by atoms with Gasteiger partial charge in [-0.05, 0) is 24.6 Å². The Labute approximate surface area is 124 Å². The molecule has 1 atom stereocenters. The van der Waals surface area contributed by atoms with Crippen molar-refractivity contribution in [3.63, 3.8) is 0 Å². The van der Waals surface area contributed by atoms with Crippen LogP contribution in [0.4, 0.5) is 5.69 Å². The van der Waals surface area contributed by atoms with Crippen molar-refractivity contribution in [2.24, 2.45) is 0 Å². The molecule has 0 aliphatic carbocycles. The minimum atomic E-state index is -0.586. The lowest BCUT2D eigenvalue weighted by molar-refractivity contribution is -0.142. The molecule has 1 aromatic carbocycles. The van der Waals surface area contributed by atoms with Crippen molar-refractivity contribution in [3.05, 3.63) is 29.3 Å². The van der Waals surface area contributed by atoms with E-state index in [0.29, 0.717) is 25.3 Å². The molecule has 1 fully saturated rings. The van der Waals surface area contributed by atoms with Gasteiger partial charge in [0.15, 0.2) is 6.10 Å². The van der Waals surface area contributed by atoms with Gasteiger partial charge in [0.25, 0.3) is 5.91 Å². The van der Waals surface area contributed by atoms with Crippen LogP contribution in [0.5, 0.6) is 0 Å². The van der Waals surface area contributed by atoms with Crippen LogP contribution in [0, 0.1) is 18.8 Å². The molecular weight excluding hydrogens is 270 g/mol. The van der Waals surface area contributed by atoms with E-state index in [1.807, 2.05) is 25.1 Å². The van der Waals surface area contributed by atoms with Crippen LogP contribution < -0.4 is 5.32 Å². The molecule has 5 nitrogen and oxygen atoms in total. The highest BCUT2D eigenvalue weighted by Crippen LogP contribution is 2.17. The molecule has 1 aliphatic heterocycles. The van der Waals surface area contributed by atoms with Gasteiger partial charge in [-0.15, -0.1) is 0 Å². The molecule has 112 valence electrons. The molecule has 0 spiro atoms. The Balaban J connectivity index is 2.12. The maximum atomic E-state index is 12.2. The quantitative estimate of drug-likeness (QED) is 0.817. The maximum absolute atomic E-state index is 12.2. The number of aliphatic hydroxyl groups is 1. The lowest BCUT2D eigenvalue weighted by Crippen LogP contribution is -2.39. The molecule has 0 saturated carbocycles. The lowest BCUT2D eigenvalue weighted by atomic mass is 10.1. The standard InChI is InChI=1S/C16H19NO4/c1-12-5-6-13(4-2-3-7-18)14(10-12)17-16(19)15-11-20-8-9-21-15/h5-6,10,15,18H,3,7-9,11H2,1H3,(H,17,19). The predicted octanol–water partition coefficient (Wildman–Crippen LogP) is 1.08. The van der Waals surface area contributed by atoms with Gasteiger partial charge in [0.1, 0.15) is 0 Å². The summed E-state index contributed by atoms with van der Waals surface area (Å²) < 4.78 is 10.6. The molecule has 2 N–H and O–H groups in total.